The van der Waals surface area contributed by atoms with Crippen molar-refractivity contribution in [2.45, 2.75) is 44.8 Å². The number of pyridine rings is 1. The Labute approximate surface area is 224 Å². The molecule has 3 rings (SSSR count). The van der Waals surface area contributed by atoms with Crippen molar-refractivity contribution >= 4 is 22.0 Å². The summed E-state index contributed by atoms with van der Waals surface area (Å²) in [5.41, 5.74) is 2.16. The number of carboxylic acid groups (broad SMARTS) is 2. The third kappa shape index (κ3) is 11.7. The standard InChI is InChI=1S/C17H25N5O3S.2C2HF3O2/c1-3-26(23,24)20-10-7-16-13-21(12-15-6-9-19-22(15)16)11-14-5-4-8-18-17(14)25-2;2*3-2(4,5)1(6)7/h4-6,8-9,16,20H,3,7,10-13H2,1-2H3;2*(H,6,7). The van der Waals surface area contributed by atoms with Gasteiger partial charge in [0.2, 0.25) is 15.9 Å². The highest BCUT2D eigenvalue weighted by Gasteiger charge is 2.38. The van der Waals surface area contributed by atoms with Gasteiger partial charge >= 0.3 is 24.3 Å². The average Bonchev–Trinajstić information content (AvgIpc) is 3.33. The number of ether oxygens (including phenoxy) is 1. The number of rotatable bonds is 8. The number of aliphatic carboxylic acids is 2. The van der Waals surface area contributed by atoms with Gasteiger partial charge in [-0.3, -0.25) is 9.58 Å². The van der Waals surface area contributed by atoms with Crippen molar-refractivity contribution in [1.29, 1.82) is 0 Å². The summed E-state index contributed by atoms with van der Waals surface area (Å²) in [6.07, 6.45) is -5.96. The van der Waals surface area contributed by atoms with E-state index in [0.717, 1.165) is 30.9 Å². The third-order valence-electron chi connectivity index (χ3n) is 5.05. The van der Waals surface area contributed by atoms with Crippen LogP contribution in [0.5, 0.6) is 5.88 Å². The zero-order chi connectivity index (χ0) is 30.7. The topological polar surface area (TPSA) is 164 Å². The molecule has 12 nitrogen and oxygen atoms in total. The van der Waals surface area contributed by atoms with Gasteiger partial charge in [-0.05, 0) is 25.5 Å². The van der Waals surface area contributed by atoms with E-state index in [1.165, 1.54) is 0 Å². The molecule has 1 aliphatic rings. The van der Waals surface area contributed by atoms with Crippen LogP contribution in [-0.2, 0) is 32.7 Å². The summed E-state index contributed by atoms with van der Waals surface area (Å²) in [5.74, 6) is -4.78. The molecule has 0 bridgehead atoms. The van der Waals surface area contributed by atoms with Crippen molar-refractivity contribution in [2.75, 3.05) is 26.0 Å². The van der Waals surface area contributed by atoms with Crippen molar-refractivity contribution in [1.82, 2.24) is 24.4 Å². The van der Waals surface area contributed by atoms with E-state index >= 15 is 0 Å². The summed E-state index contributed by atoms with van der Waals surface area (Å²) in [6.45, 7) is 4.34. The Balaban J connectivity index is 0.000000473. The van der Waals surface area contributed by atoms with E-state index in [2.05, 4.69) is 19.7 Å². The number of nitrogens with one attached hydrogen (secondary N) is 1. The lowest BCUT2D eigenvalue weighted by Crippen LogP contribution is -2.39. The normalized spacial score (nSPS) is 15.6. The Morgan fingerprint density at radius 1 is 1.10 bits per heavy atom. The number of methoxy groups -OCH3 is 1. The largest absolute Gasteiger partial charge is 0.490 e. The minimum absolute atomic E-state index is 0.0949. The first-order valence-corrected chi connectivity index (χ1v) is 12.9. The number of sulfonamides is 1. The van der Waals surface area contributed by atoms with Crippen molar-refractivity contribution in [3.8, 4) is 5.88 Å². The summed E-state index contributed by atoms with van der Waals surface area (Å²) in [7, 11) is -1.55. The number of halogens is 6. The molecule has 0 saturated heterocycles. The smallest absolute Gasteiger partial charge is 0.481 e. The maximum Gasteiger partial charge on any atom is 0.490 e. The lowest BCUT2D eigenvalue weighted by Gasteiger charge is -2.34. The Bertz CT molecular complexity index is 1200. The van der Waals surface area contributed by atoms with Gasteiger partial charge in [0.1, 0.15) is 0 Å². The summed E-state index contributed by atoms with van der Waals surface area (Å²) in [6, 6.07) is 6.05. The molecule has 0 aliphatic carbocycles. The van der Waals surface area contributed by atoms with Gasteiger partial charge in [-0.1, -0.05) is 6.07 Å². The Morgan fingerprint density at radius 2 is 1.68 bits per heavy atom. The van der Waals surface area contributed by atoms with Crippen LogP contribution in [0.15, 0.2) is 30.6 Å². The maximum absolute atomic E-state index is 11.6. The first-order chi connectivity index (χ1) is 18.4. The lowest BCUT2D eigenvalue weighted by atomic mass is 10.1. The van der Waals surface area contributed by atoms with Crippen LogP contribution in [0.25, 0.3) is 0 Å². The predicted octanol–water partition coefficient (Wildman–Crippen LogP) is 2.44. The minimum atomic E-state index is -5.08. The van der Waals surface area contributed by atoms with Crippen LogP contribution in [0.1, 0.15) is 30.6 Å². The molecular formula is C21H27F6N5O7S. The molecule has 0 aromatic carbocycles. The third-order valence-corrected chi connectivity index (χ3v) is 6.46. The SMILES string of the molecule is CCS(=O)(=O)NCCC1CN(Cc2cccnc2OC)Cc2ccnn21.O=C(O)C(F)(F)F.O=C(O)C(F)(F)F. The van der Waals surface area contributed by atoms with Gasteiger partial charge in [-0.15, -0.1) is 0 Å². The van der Waals surface area contributed by atoms with Gasteiger partial charge in [-0.25, -0.2) is 27.7 Å². The summed E-state index contributed by atoms with van der Waals surface area (Å²) in [4.78, 5) is 24.4. The first kappa shape index (κ1) is 34.6. The number of nitrogens with zero attached hydrogens (tertiary/aromatic N) is 4. The van der Waals surface area contributed by atoms with Gasteiger partial charge in [0.15, 0.2) is 0 Å². The lowest BCUT2D eigenvalue weighted by molar-refractivity contribution is -0.193. The molecule has 0 radical (unpaired) electrons. The molecule has 3 N–H and O–H groups in total. The highest BCUT2D eigenvalue weighted by molar-refractivity contribution is 7.89. The zero-order valence-corrected chi connectivity index (χ0v) is 21.9. The molecule has 1 unspecified atom stereocenters. The summed E-state index contributed by atoms with van der Waals surface area (Å²) in [5, 5.41) is 18.7. The number of carboxylic acids is 2. The Hall–Kier alpha value is -3.45. The number of carbonyl (C=O) groups is 2. The first-order valence-electron chi connectivity index (χ1n) is 11.2. The van der Waals surface area contributed by atoms with Crippen LogP contribution >= 0.6 is 0 Å². The monoisotopic (exact) mass is 607 g/mol. The molecule has 2 aromatic heterocycles. The fourth-order valence-corrected chi connectivity index (χ4v) is 3.88. The summed E-state index contributed by atoms with van der Waals surface area (Å²) < 4.78 is 96.8. The molecule has 0 saturated carbocycles. The fourth-order valence-electron chi connectivity index (χ4n) is 3.25. The molecule has 1 aliphatic heterocycles. The second kappa shape index (κ2) is 14.8. The van der Waals surface area contributed by atoms with E-state index in [9.17, 15) is 34.8 Å². The highest BCUT2D eigenvalue weighted by atomic mass is 32.2. The molecule has 0 spiro atoms. The maximum atomic E-state index is 11.6. The molecule has 226 valence electrons. The Kier molecular flexibility index (Phi) is 12.8. The quantitative estimate of drug-likeness (QED) is 0.380. The fraction of sp³-hybridized carbons (Fsp3) is 0.524. The Morgan fingerprint density at radius 3 is 2.17 bits per heavy atom. The number of hydrogen-bond acceptors (Lipinski definition) is 8. The molecule has 0 amide bonds. The number of fused-ring (bicyclic) bond motifs is 1. The van der Waals surface area contributed by atoms with E-state index in [0.29, 0.717) is 18.8 Å². The van der Waals surface area contributed by atoms with E-state index in [1.54, 1.807) is 26.4 Å². The van der Waals surface area contributed by atoms with Gasteiger partial charge in [-0.2, -0.15) is 31.4 Å². The van der Waals surface area contributed by atoms with Crippen molar-refractivity contribution in [2.24, 2.45) is 0 Å². The predicted molar refractivity (Wildman–Crippen MR) is 126 cm³/mol. The minimum Gasteiger partial charge on any atom is -0.481 e. The molecule has 3 heterocycles. The van der Waals surface area contributed by atoms with Crippen molar-refractivity contribution in [3.05, 3.63) is 41.9 Å². The zero-order valence-electron chi connectivity index (χ0n) is 21.1. The second-order valence-electron chi connectivity index (χ2n) is 7.95. The molecule has 2 aromatic rings. The average molecular weight is 608 g/mol. The van der Waals surface area contributed by atoms with Gasteiger partial charge < -0.3 is 14.9 Å². The van der Waals surface area contributed by atoms with E-state index in [4.69, 9.17) is 24.5 Å². The number of hydrogen-bond donors (Lipinski definition) is 3. The molecular weight excluding hydrogens is 580 g/mol. The van der Waals surface area contributed by atoms with Gasteiger partial charge in [0.25, 0.3) is 0 Å². The molecule has 1 atom stereocenters. The van der Waals surface area contributed by atoms with Crippen LogP contribution < -0.4 is 9.46 Å². The van der Waals surface area contributed by atoms with E-state index in [1.807, 2.05) is 22.9 Å². The van der Waals surface area contributed by atoms with E-state index < -0.39 is 34.3 Å². The van der Waals surface area contributed by atoms with Crippen LogP contribution in [0.2, 0.25) is 0 Å². The van der Waals surface area contributed by atoms with Crippen molar-refractivity contribution in [3.63, 3.8) is 0 Å². The second-order valence-corrected chi connectivity index (χ2v) is 10.1. The van der Waals surface area contributed by atoms with E-state index in [-0.39, 0.29) is 11.8 Å². The molecule has 0 fully saturated rings. The number of aromatic nitrogens is 3. The van der Waals surface area contributed by atoms with Crippen LogP contribution in [0.4, 0.5) is 26.3 Å². The van der Waals surface area contributed by atoms with Gasteiger partial charge in [0.05, 0.1) is 24.6 Å². The highest BCUT2D eigenvalue weighted by Crippen LogP contribution is 2.26. The van der Waals surface area contributed by atoms with Crippen molar-refractivity contribution < 1.29 is 59.3 Å². The van der Waals surface area contributed by atoms with Crippen LogP contribution in [0, 0.1) is 0 Å². The molecule has 40 heavy (non-hydrogen) atoms. The number of alkyl halides is 6. The van der Waals surface area contributed by atoms with Crippen LogP contribution in [-0.4, -0.2) is 88.5 Å². The summed E-state index contributed by atoms with van der Waals surface area (Å²) >= 11 is 0. The van der Waals surface area contributed by atoms with Gasteiger partial charge in [0, 0.05) is 44.1 Å². The van der Waals surface area contributed by atoms with Crippen LogP contribution in [0.3, 0.4) is 0 Å². The molecule has 19 heteroatoms.